The minimum absolute atomic E-state index is 0.530. The molecule has 5 heteroatoms. The first kappa shape index (κ1) is 9.80. The summed E-state index contributed by atoms with van der Waals surface area (Å²) in [7, 11) is 0. The number of hydrogen-bond acceptors (Lipinski definition) is 4. The lowest BCUT2D eigenvalue weighted by Crippen LogP contribution is -2.41. The van der Waals surface area contributed by atoms with Crippen molar-refractivity contribution < 1.29 is 0 Å². The zero-order valence-electron chi connectivity index (χ0n) is 7.26. The van der Waals surface area contributed by atoms with Crippen molar-refractivity contribution in [3.05, 3.63) is 0 Å². The van der Waals surface area contributed by atoms with Crippen LogP contribution in [0.3, 0.4) is 0 Å². The molecule has 0 radical (unpaired) electrons. The fourth-order valence-electron chi connectivity index (χ4n) is 1.00. The molecule has 0 amide bonds. The second kappa shape index (κ2) is 4.67. The number of nitrogens with one attached hydrogen (secondary N) is 2. The third-order valence-electron chi connectivity index (χ3n) is 1.79. The van der Waals surface area contributed by atoms with Crippen LogP contribution in [-0.2, 0) is 0 Å². The van der Waals surface area contributed by atoms with Gasteiger partial charge in [-0.3, -0.25) is 15.8 Å². The molecule has 1 heterocycles. The van der Waals surface area contributed by atoms with Crippen LogP contribution in [0, 0.1) is 5.92 Å². The van der Waals surface area contributed by atoms with E-state index >= 15 is 0 Å². The van der Waals surface area contributed by atoms with E-state index in [2.05, 4.69) is 22.8 Å². The molecule has 0 saturated carbocycles. The van der Waals surface area contributed by atoms with Gasteiger partial charge < -0.3 is 0 Å². The highest BCUT2D eigenvalue weighted by molar-refractivity contribution is 8.22. The van der Waals surface area contributed by atoms with Crippen molar-refractivity contribution in [2.45, 2.75) is 13.3 Å². The Morgan fingerprint density at radius 2 is 2.50 bits per heavy atom. The van der Waals surface area contributed by atoms with Gasteiger partial charge in [-0.2, -0.15) is 0 Å². The van der Waals surface area contributed by atoms with E-state index in [1.54, 1.807) is 0 Å². The van der Waals surface area contributed by atoms with Crippen LogP contribution in [0.15, 0.2) is 4.99 Å². The van der Waals surface area contributed by atoms with Crippen molar-refractivity contribution in [1.29, 1.82) is 0 Å². The summed E-state index contributed by atoms with van der Waals surface area (Å²) in [5.41, 5.74) is 5.94. The maximum atomic E-state index is 4.96. The topological polar surface area (TPSA) is 36.4 Å². The molecule has 0 fully saturated rings. The first-order valence-electron chi connectivity index (χ1n) is 3.88. The Bertz CT molecular complexity index is 203. The SMILES string of the molecule is CSC(=S)NNC1=NCCC1C. The lowest BCUT2D eigenvalue weighted by molar-refractivity contribution is 0.717. The molecule has 3 nitrogen and oxygen atoms in total. The Labute approximate surface area is 82.4 Å². The molecule has 0 aromatic rings. The number of amidine groups is 1. The molecule has 68 valence electrons. The number of hydrazine groups is 1. The maximum absolute atomic E-state index is 4.96. The minimum Gasteiger partial charge on any atom is -0.287 e. The van der Waals surface area contributed by atoms with Gasteiger partial charge in [-0.1, -0.05) is 30.9 Å². The second-order valence-electron chi connectivity index (χ2n) is 2.70. The van der Waals surface area contributed by atoms with Gasteiger partial charge in [-0.15, -0.1) is 0 Å². The molecule has 0 aromatic carbocycles. The fourth-order valence-corrected chi connectivity index (χ4v) is 1.20. The number of rotatable bonds is 0. The Morgan fingerprint density at radius 1 is 1.75 bits per heavy atom. The summed E-state index contributed by atoms with van der Waals surface area (Å²) in [6.45, 7) is 3.08. The molecule has 1 unspecified atom stereocenters. The predicted molar refractivity (Wildman–Crippen MR) is 58.5 cm³/mol. The molecule has 1 aliphatic rings. The lowest BCUT2D eigenvalue weighted by atomic mass is 10.1. The van der Waals surface area contributed by atoms with E-state index in [9.17, 15) is 0 Å². The average Bonchev–Trinajstić information content (AvgIpc) is 2.47. The molecule has 0 spiro atoms. The molecular weight excluding hydrogens is 190 g/mol. The lowest BCUT2D eigenvalue weighted by Gasteiger charge is -2.11. The monoisotopic (exact) mass is 203 g/mol. The molecule has 0 aliphatic carbocycles. The van der Waals surface area contributed by atoms with Crippen molar-refractivity contribution in [3.63, 3.8) is 0 Å². The molecule has 2 N–H and O–H groups in total. The number of nitrogens with zero attached hydrogens (tertiary/aromatic N) is 1. The average molecular weight is 203 g/mol. The normalized spacial score (nSPS) is 21.8. The Morgan fingerprint density at radius 3 is 3.00 bits per heavy atom. The van der Waals surface area contributed by atoms with Gasteiger partial charge in [0.15, 0.2) is 4.32 Å². The van der Waals surface area contributed by atoms with E-state index in [1.165, 1.54) is 11.8 Å². The molecule has 12 heavy (non-hydrogen) atoms. The first-order valence-corrected chi connectivity index (χ1v) is 5.51. The minimum atomic E-state index is 0.530. The summed E-state index contributed by atoms with van der Waals surface area (Å²) in [6, 6.07) is 0. The Hall–Kier alpha value is -0.290. The number of thioether (sulfide) groups is 1. The maximum Gasteiger partial charge on any atom is 0.152 e. The van der Waals surface area contributed by atoms with E-state index in [0.717, 1.165) is 23.1 Å². The summed E-state index contributed by atoms with van der Waals surface area (Å²) >= 11 is 6.48. The fraction of sp³-hybridized carbons (Fsp3) is 0.714. The van der Waals surface area contributed by atoms with Crippen molar-refractivity contribution in [1.82, 2.24) is 10.9 Å². The third-order valence-corrected chi connectivity index (χ3v) is 2.86. The Balaban J connectivity index is 2.27. The molecule has 1 atom stereocenters. The van der Waals surface area contributed by atoms with Crippen LogP contribution >= 0.6 is 24.0 Å². The highest BCUT2D eigenvalue weighted by Gasteiger charge is 2.15. The number of hydrogen-bond donors (Lipinski definition) is 2. The van der Waals surface area contributed by atoms with Gasteiger partial charge in [0, 0.05) is 12.5 Å². The zero-order chi connectivity index (χ0) is 8.97. The van der Waals surface area contributed by atoms with E-state index in [4.69, 9.17) is 12.2 Å². The van der Waals surface area contributed by atoms with Gasteiger partial charge in [-0.25, -0.2) is 0 Å². The molecule has 0 saturated heterocycles. The quantitative estimate of drug-likeness (QED) is 0.458. The van der Waals surface area contributed by atoms with Crippen LogP contribution in [-0.4, -0.2) is 23.0 Å². The van der Waals surface area contributed by atoms with Crippen LogP contribution in [0.25, 0.3) is 0 Å². The van der Waals surface area contributed by atoms with Gasteiger partial charge in [0.25, 0.3) is 0 Å². The van der Waals surface area contributed by atoms with Gasteiger partial charge >= 0.3 is 0 Å². The summed E-state index contributed by atoms with van der Waals surface area (Å²) in [5.74, 6) is 1.55. The first-order chi connectivity index (χ1) is 5.74. The van der Waals surface area contributed by atoms with E-state index < -0.39 is 0 Å². The smallest absolute Gasteiger partial charge is 0.152 e. The van der Waals surface area contributed by atoms with Gasteiger partial charge in [0.05, 0.1) is 0 Å². The summed E-state index contributed by atoms with van der Waals surface area (Å²) < 4.78 is 0.747. The highest BCUT2D eigenvalue weighted by Crippen LogP contribution is 2.10. The van der Waals surface area contributed by atoms with Crippen LogP contribution in [0.2, 0.25) is 0 Å². The second-order valence-corrected chi connectivity index (χ2v) is 4.18. The van der Waals surface area contributed by atoms with Crippen LogP contribution < -0.4 is 10.9 Å². The molecule has 1 rings (SSSR count). The van der Waals surface area contributed by atoms with E-state index in [-0.39, 0.29) is 0 Å². The summed E-state index contributed by atoms with van der Waals surface area (Å²) in [5, 5.41) is 0. The largest absolute Gasteiger partial charge is 0.287 e. The van der Waals surface area contributed by atoms with Crippen molar-refractivity contribution >= 4 is 34.1 Å². The zero-order valence-corrected chi connectivity index (χ0v) is 8.89. The number of aliphatic imine (C=N–C) groups is 1. The van der Waals surface area contributed by atoms with Crippen LogP contribution in [0.4, 0.5) is 0 Å². The summed E-state index contributed by atoms with van der Waals surface area (Å²) in [6.07, 6.45) is 3.08. The molecule has 0 bridgehead atoms. The summed E-state index contributed by atoms with van der Waals surface area (Å²) in [4.78, 5) is 4.30. The third kappa shape index (κ3) is 2.64. The van der Waals surface area contributed by atoms with Crippen molar-refractivity contribution in [2.75, 3.05) is 12.8 Å². The van der Waals surface area contributed by atoms with E-state index in [0.29, 0.717) is 5.92 Å². The van der Waals surface area contributed by atoms with Crippen LogP contribution in [0.5, 0.6) is 0 Å². The van der Waals surface area contributed by atoms with Crippen molar-refractivity contribution in [2.24, 2.45) is 10.9 Å². The highest BCUT2D eigenvalue weighted by atomic mass is 32.2. The van der Waals surface area contributed by atoms with E-state index in [1.807, 2.05) is 6.26 Å². The van der Waals surface area contributed by atoms with Gasteiger partial charge in [-0.05, 0) is 12.7 Å². The molecule has 0 aromatic heterocycles. The predicted octanol–water partition coefficient (Wildman–Crippen LogP) is 1.17. The van der Waals surface area contributed by atoms with Gasteiger partial charge in [0.1, 0.15) is 5.84 Å². The number of thiocarbonyl (C=S) groups is 1. The molecular formula is C7H13N3S2. The Kier molecular flexibility index (Phi) is 3.81. The standard InChI is InChI=1S/C7H13N3S2/c1-5-3-4-8-6(5)9-10-7(11)12-2/h5H,3-4H2,1-2H3,(H,8,9)(H,10,11). The van der Waals surface area contributed by atoms with Crippen molar-refractivity contribution in [3.8, 4) is 0 Å². The molecule has 1 aliphatic heterocycles. The van der Waals surface area contributed by atoms with Gasteiger partial charge in [0.2, 0.25) is 0 Å². The van der Waals surface area contributed by atoms with Crippen LogP contribution in [0.1, 0.15) is 13.3 Å².